The van der Waals surface area contributed by atoms with E-state index < -0.39 is 0 Å². The molecule has 2 rings (SSSR count). The Bertz CT molecular complexity index is 286. The van der Waals surface area contributed by atoms with Crippen molar-refractivity contribution in [2.45, 2.75) is 51.5 Å². The Hall–Kier alpha value is -0.160. The maximum Gasteiger partial charge on any atom is 0.0450 e. The fourth-order valence-corrected chi connectivity index (χ4v) is 3.94. The van der Waals surface area contributed by atoms with Crippen molar-refractivity contribution in [1.29, 1.82) is 0 Å². The smallest absolute Gasteiger partial charge is 0.0450 e. The summed E-state index contributed by atoms with van der Waals surface area (Å²) in [5.74, 6) is 1.66. The van der Waals surface area contributed by atoms with Crippen LogP contribution in [0.2, 0.25) is 0 Å². The number of nitrogens with two attached hydrogens (primary N) is 1. The first-order valence-electron chi connectivity index (χ1n) is 8.44. The molecule has 1 saturated heterocycles. The van der Waals surface area contributed by atoms with Gasteiger partial charge < -0.3 is 10.6 Å². The summed E-state index contributed by atoms with van der Waals surface area (Å²) in [5, 5.41) is 2.42. The van der Waals surface area contributed by atoms with Crippen molar-refractivity contribution in [1.82, 2.24) is 15.3 Å². The summed E-state index contributed by atoms with van der Waals surface area (Å²) in [5.41, 5.74) is 10.2. The number of hydrogen-bond acceptors (Lipinski definition) is 4. The molecule has 1 saturated carbocycles. The minimum absolute atomic E-state index is 0.160. The molecule has 118 valence electrons. The van der Waals surface area contributed by atoms with E-state index in [1.165, 1.54) is 32.1 Å². The first-order chi connectivity index (χ1) is 9.53. The van der Waals surface area contributed by atoms with E-state index in [4.69, 9.17) is 5.73 Å². The topological polar surface area (TPSA) is 44.5 Å². The Kier molecular flexibility index (Phi) is 5.84. The van der Waals surface area contributed by atoms with E-state index in [2.05, 4.69) is 36.2 Å². The van der Waals surface area contributed by atoms with E-state index in [0.717, 1.165) is 44.6 Å². The number of nitrogens with one attached hydrogen (secondary N) is 1. The molecule has 0 aromatic rings. The van der Waals surface area contributed by atoms with Gasteiger partial charge in [0, 0.05) is 38.3 Å². The maximum atomic E-state index is 6.18. The zero-order valence-corrected chi connectivity index (χ0v) is 13.7. The Morgan fingerprint density at radius 1 is 1.25 bits per heavy atom. The van der Waals surface area contributed by atoms with Crippen LogP contribution in [0.25, 0.3) is 0 Å². The predicted molar refractivity (Wildman–Crippen MR) is 85.4 cm³/mol. The lowest BCUT2D eigenvalue weighted by atomic mass is 9.73. The highest BCUT2D eigenvalue weighted by molar-refractivity contribution is 4.94. The first kappa shape index (κ1) is 16.2. The second kappa shape index (κ2) is 7.21. The summed E-state index contributed by atoms with van der Waals surface area (Å²) in [4.78, 5) is 2.40. The zero-order valence-electron chi connectivity index (χ0n) is 13.7. The van der Waals surface area contributed by atoms with E-state index in [0.29, 0.717) is 0 Å². The van der Waals surface area contributed by atoms with Crippen LogP contribution in [0.3, 0.4) is 0 Å². The highest BCUT2D eigenvalue weighted by atomic mass is 15.5. The molecule has 4 nitrogen and oxygen atoms in total. The normalized spacial score (nSPS) is 33.8. The molecule has 0 bridgehead atoms. The van der Waals surface area contributed by atoms with Gasteiger partial charge in [-0.3, -0.25) is 0 Å². The molecule has 0 radical (unpaired) electrons. The van der Waals surface area contributed by atoms with Crippen LogP contribution in [0.15, 0.2) is 0 Å². The van der Waals surface area contributed by atoms with Gasteiger partial charge in [0.05, 0.1) is 0 Å². The summed E-state index contributed by atoms with van der Waals surface area (Å²) < 4.78 is 0. The van der Waals surface area contributed by atoms with Crippen LogP contribution in [0, 0.1) is 11.8 Å². The van der Waals surface area contributed by atoms with Gasteiger partial charge in [0.15, 0.2) is 0 Å². The number of hydrazine groups is 1. The third-order valence-electron chi connectivity index (χ3n) is 5.04. The minimum atomic E-state index is 0.160. The van der Waals surface area contributed by atoms with E-state index in [9.17, 15) is 0 Å². The molecule has 0 aromatic carbocycles. The summed E-state index contributed by atoms with van der Waals surface area (Å²) in [6.45, 7) is 10.00. The fourth-order valence-electron chi connectivity index (χ4n) is 3.94. The van der Waals surface area contributed by atoms with Crippen LogP contribution >= 0.6 is 0 Å². The number of nitrogens with zero attached hydrogens (tertiary/aromatic N) is 2. The van der Waals surface area contributed by atoms with Crippen LogP contribution in [0.1, 0.15) is 46.0 Å². The molecular formula is C16H34N4. The number of hydrogen-bond donors (Lipinski definition) is 2. The highest BCUT2D eigenvalue weighted by Gasteiger charge is 2.37. The molecule has 2 fully saturated rings. The molecule has 1 heterocycles. The SMILES string of the molecule is CC(C)CC1CCCC(CN)(NN2CCN(C)CC2)C1. The molecule has 0 amide bonds. The van der Waals surface area contributed by atoms with E-state index in [-0.39, 0.29) is 5.54 Å². The summed E-state index contributed by atoms with van der Waals surface area (Å²) in [7, 11) is 2.20. The molecule has 4 heteroatoms. The predicted octanol–water partition coefficient (Wildman–Crippen LogP) is 1.67. The summed E-state index contributed by atoms with van der Waals surface area (Å²) in [6, 6.07) is 0. The summed E-state index contributed by atoms with van der Waals surface area (Å²) >= 11 is 0. The maximum absolute atomic E-state index is 6.18. The lowest BCUT2D eigenvalue weighted by Gasteiger charge is -2.46. The second-order valence-corrected chi connectivity index (χ2v) is 7.48. The Morgan fingerprint density at radius 3 is 2.55 bits per heavy atom. The van der Waals surface area contributed by atoms with Crippen molar-refractivity contribution in [2.24, 2.45) is 17.6 Å². The Labute approximate surface area is 125 Å². The third-order valence-corrected chi connectivity index (χ3v) is 5.04. The molecule has 2 atom stereocenters. The standard InChI is InChI=1S/C16H34N4/c1-14(2)11-15-5-4-6-16(12-15,13-17)18-20-9-7-19(3)8-10-20/h14-15,18H,4-13,17H2,1-3H3. The fraction of sp³-hybridized carbons (Fsp3) is 1.00. The van der Waals surface area contributed by atoms with Gasteiger partial charge in [-0.25, -0.2) is 10.4 Å². The second-order valence-electron chi connectivity index (χ2n) is 7.48. The molecule has 0 aromatic heterocycles. The van der Waals surface area contributed by atoms with Gasteiger partial charge in [0.1, 0.15) is 0 Å². The molecule has 2 unspecified atom stereocenters. The van der Waals surface area contributed by atoms with Crippen molar-refractivity contribution in [3.8, 4) is 0 Å². The number of rotatable bonds is 5. The van der Waals surface area contributed by atoms with Crippen molar-refractivity contribution in [2.75, 3.05) is 39.8 Å². The van der Waals surface area contributed by atoms with Gasteiger partial charge in [-0.2, -0.15) is 0 Å². The van der Waals surface area contributed by atoms with E-state index in [1.807, 2.05) is 0 Å². The van der Waals surface area contributed by atoms with Crippen LogP contribution in [-0.2, 0) is 0 Å². The largest absolute Gasteiger partial charge is 0.329 e. The minimum Gasteiger partial charge on any atom is -0.329 e. The van der Waals surface area contributed by atoms with E-state index >= 15 is 0 Å². The van der Waals surface area contributed by atoms with Crippen LogP contribution < -0.4 is 11.2 Å². The zero-order chi connectivity index (χ0) is 14.6. The Morgan fingerprint density at radius 2 is 1.95 bits per heavy atom. The monoisotopic (exact) mass is 282 g/mol. The van der Waals surface area contributed by atoms with Gasteiger partial charge in [-0.1, -0.05) is 26.7 Å². The van der Waals surface area contributed by atoms with Crippen LogP contribution in [0.4, 0.5) is 0 Å². The van der Waals surface area contributed by atoms with Gasteiger partial charge in [0.25, 0.3) is 0 Å². The molecule has 1 aliphatic heterocycles. The molecule has 1 aliphatic carbocycles. The van der Waals surface area contributed by atoms with Gasteiger partial charge in [-0.15, -0.1) is 0 Å². The van der Waals surface area contributed by atoms with E-state index in [1.54, 1.807) is 0 Å². The molecule has 3 N–H and O–H groups in total. The van der Waals surface area contributed by atoms with Gasteiger partial charge in [-0.05, 0) is 38.1 Å². The molecular weight excluding hydrogens is 248 g/mol. The average Bonchev–Trinajstić information content (AvgIpc) is 2.41. The first-order valence-corrected chi connectivity index (χ1v) is 8.44. The Balaban J connectivity index is 1.90. The summed E-state index contributed by atoms with van der Waals surface area (Å²) in [6.07, 6.45) is 6.57. The quantitative estimate of drug-likeness (QED) is 0.805. The van der Waals surface area contributed by atoms with Crippen molar-refractivity contribution < 1.29 is 0 Å². The van der Waals surface area contributed by atoms with Crippen molar-refractivity contribution in [3.05, 3.63) is 0 Å². The highest BCUT2D eigenvalue weighted by Crippen LogP contribution is 2.35. The van der Waals surface area contributed by atoms with Crippen molar-refractivity contribution >= 4 is 0 Å². The molecule has 0 spiro atoms. The average molecular weight is 282 g/mol. The number of piperazine rings is 1. The lowest BCUT2D eigenvalue weighted by Crippen LogP contribution is -2.63. The lowest BCUT2D eigenvalue weighted by molar-refractivity contribution is 0.0265. The molecule has 2 aliphatic rings. The third kappa shape index (κ3) is 4.42. The molecule has 20 heavy (non-hydrogen) atoms. The van der Waals surface area contributed by atoms with Crippen LogP contribution in [0.5, 0.6) is 0 Å². The van der Waals surface area contributed by atoms with Gasteiger partial charge >= 0.3 is 0 Å². The van der Waals surface area contributed by atoms with Crippen LogP contribution in [-0.4, -0.2) is 55.2 Å². The number of likely N-dealkylation sites (N-methyl/N-ethyl adjacent to an activating group) is 1. The van der Waals surface area contributed by atoms with Gasteiger partial charge in [0.2, 0.25) is 0 Å². The van der Waals surface area contributed by atoms with Crippen molar-refractivity contribution in [3.63, 3.8) is 0 Å².